The number of benzene rings is 9. The van der Waals surface area contributed by atoms with Crippen LogP contribution in [0.2, 0.25) is 0 Å². The van der Waals surface area contributed by atoms with Crippen molar-refractivity contribution in [1.29, 1.82) is 0 Å². The lowest BCUT2D eigenvalue weighted by Crippen LogP contribution is -1.94. The van der Waals surface area contributed by atoms with Gasteiger partial charge in [0.15, 0.2) is 0 Å². The van der Waals surface area contributed by atoms with Gasteiger partial charge in [-0.25, -0.2) is 0 Å². The first-order valence-corrected chi connectivity index (χ1v) is 18.8. The molecule has 0 saturated heterocycles. The van der Waals surface area contributed by atoms with Crippen LogP contribution in [0.4, 0.5) is 0 Å². The molecule has 9 aromatic carbocycles. The molecule has 0 spiro atoms. The molecule has 0 radical (unpaired) electrons. The Hall–Kier alpha value is -7.36. The maximum Gasteiger partial charge on any atom is 0.135 e. The van der Waals surface area contributed by atoms with E-state index in [0.717, 1.165) is 33.3 Å². The highest BCUT2D eigenvalue weighted by Crippen LogP contribution is 2.41. The molecular weight excluding hydrogens is 669 g/mol. The SMILES string of the molecule is c1ccc(-c2ccc(-n3c4ccc(-c5ccc6c(c5)c5ccccc5n6-c5ccc6oc7ccccc7c6c5)cc4c4ccc5ccccc5c43)cc2)cc1. The molecule has 0 fully saturated rings. The number of furan rings is 1. The van der Waals surface area contributed by atoms with Crippen LogP contribution in [0.5, 0.6) is 0 Å². The topological polar surface area (TPSA) is 23.0 Å². The zero-order valence-corrected chi connectivity index (χ0v) is 29.8. The van der Waals surface area contributed by atoms with E-state index in [0.29, 0.717) is 0 Å². The van der Waals surface area contributed by atoms with Gasteiger partial charge in [-0.3, -0.25) is 0 Å². The Morgan fingerprint density at radius 2 is 0.873 bits per heavy atom. The second-order valence-corrected chi connectivity index (χ2v) is 14.5. The lowest BCUT2D eigenvalue weighted by atomic mass is 10.00. The summed E-state index contributed by atoms with van der Waals surface area (Å²) in [5.41, 5.74) is 13.7. The summed E-state index contributed by atoms with van der Waals surface area (Å²) in [6.07, 6.45) is 0. The van der Waals surface area contributed by atoms with Crippen molar-refractivity contribution in [3.05, 3.63) is 194 Å². The van der Waals surface area contributed by atoms with E-state index in [-0.39, 0.29) is 0 Å². The first-order valence-electron chi connectivity index (χ1n) is 18.8. The smallest absolute Gasteiger partial charge is 0.135 e. The molecule has 0 unspecified atom stereocenters. The molecule has 3 nitrogen and oxygen atoms in total. The van der Waals surface area contributed by atoms with Crippen molar-refractivity contribution < 1.29 is 4.42 Å². The summed E-state index contributed by atoms with van der Waals surface area (Å²) in [6, 6.07) is 70.4. The molecule has 3 heteroatoms. The highest BCUT2D eigenvalue weighted by atomic mass is 16.3. The van der Waals surface area contributed by atoms with Crippen molar-refractivity contribution in [2.75, 3.05) is 0 Å². The molecule has 0 amide bonds. The monoisotopic (exact) mass is 700 g/mol. The van der Waals surface area contributed by atoms with Gasteiger partial charge in [-0.2, -0.15) is 0 Å². The van der Waals surface area contributed by atoms with Crippen molar-refractivity contribution in [2.24, 2.45) is 0 Å². The van der Waals surface area contributed by atoms with Gasteiger partial charge in [0.2, 0.25) is 0 Å². The summed E-state index contributed by atoms with van der Waals surface area (Å²) in [5.74, 6) is 0. The van der Waals surface area contributed by atoms with Gasteiger partial charge < -0.3 is 13.6 Å². The Morgan fingerprint density at radius 1 is 0.291 bits per heavy atom. The number of hydrogen-bond donors (Lipinski definition) is 0. The van der Waals surface area contributed by atoms with Crippen molar-refractivity contribution in [1.82, 2.24) is 9.13 Å². The van der Waals surface area contributed by atoms with E-state index in [4.69, 9.17) is 4.42 Å². The molecule has 0 aliphatic rings. The second kappa shape index (κ2) is 11.6. The normalized spacial score (nSPS) is 12.0. The Balaban J connectivity index is 1.04. The average molecular weight is 701 g/mol. The summed E-state index contributed by atoms with van der Waals surface area (Å²) in [4.78, 5) is 0. The Bertz CT molecular complexity index is 3470. The Labute approximate surface area is 316 Å². The van der Waals surface area contributed by atoms with Crippen LogP contribution in [0.3, 0.4) is 0 Å². The van der Waals surface area contributed by atoms with Gasteiger partial charge in [-0.05, 0) is 94.4 Å². The van der Waals surface area contributed by atoms with Crippen LogP contribution in [0.1, 0.15) is 0 Å². The standard InChI is InChI=1S/C52H32N2O/c1-2-10-33(11-3-1)34-18-23-38(24-19-34)54-49-28-22-37(31-45(49)43-26-20-35-12-4-5-13-40(35)52(43)54)36-21-27-48-44(30-36)41-14-6-8-16-47(41)53(48)39-25-29-51-46(32-39)42-15-7-9-17-50(42)55-51/h1-32H. The molecule has 0 saturated carbocycles. The van der Waals surface area contributed by atoms with Crippen LogP contribution in [0.25, 0.3) is 110 Å². The number of hydrogen-bond acceptors (Lipinski definition) is 1. The van der Waals surface area contributed by atoms with Gasteiger partial charge in [0.05, 0.1) is 22.1 Å². The third-order valence-corrected chi connectivity index (χ3v) is 11.5. The van der Waals surface area contributed by atoms with Crippen LogP contribution >= 0.6 is 0 Å². The third-order valence-electron chi connectivity index (χ3n) is 11.5. The van der Waals surface area contributed by atoms with E-state index in [1.54, 1.807) is 0 Å². The summed E-state index contributed by atoms with van der Waals surface area (Å²) < 4.78 is 11.0. The van der Waals surface area contributed by atoms with Gasteiger partial charge in [-0.15, -0.1) is 0 Å². The largest absolute Gasteiger partial charge is 0.456 e. The molecule has 12 aromatic rings. The van der Waals surface area contributed by atoms with Gasteiger partial charge in [-0.1, -0.05) is 127 Å². The van der Waals surface area contributed by atoms with Crippen LogP contribution in [-0.4, -0.2) is 9.13 Å². The molecule has 0 atom stereocenters. The van der Waals surface area contributed by atoms with Gasteiger partial charge in [0, 0.05) is 49.1 Å². The molecule has 0 aliphatic heterocycles. The van der Waals surface area contributed by atoms with Gasteiger partial charge >= 0.3 is 0 Å². The summed E-state index contributed by atoms with van der Waals surface area (Å²) in [7, 11) is 0. The van der Waals surface area contributed by atoms with Crippen molar-refractivity contribution in [3.63, 3.8) is 0 Å². The molecule has 12 rings (SSSR count). The minimum atomic E-state index is 0.905. The zero-order valence-electron chi connectivity index (χ0n) is 29.8. The van der Waals surface area contributed by atoms with Crippen LogP contribution in [0.15, 0.2) is 199 Å². The number of rotatable bonds is 4. The second-order valence-electron chi connectivity index (χ2n) is 14.5. The fourth-order valence-corrected chi connectivity index (χ4v) is 8.95. The third kappa shape index (κ3) is 4.50. The minimum Gasteiger partial charge on any atom is -0.456 e. The van der Waals surface area contributed by atoms with E-state index in [1.807, 2.05) is 12.1 Å². The number of nitrogens with zero attached hydrogens (tertiary/aromatic N) is 2. The quantitative estimate of drug-likeness (QED) is 0.179. The van der Waals surface area contributed by atoms with Crippen LogP contribution < -0.4 is 0 Å². The van der Waals surface area contributed by atoms with E-state index < -0.39 is 0 Å². The zero-order chi connectivity index (χ0) is 36.0. The Kier molecular flexibility index (Phi) is 6.34. The van der Waals surface area contributed by atoms with Crippen LogP contribution in [-0.2, 0) is 0 Å². The first-order chi connectivity index (χ1) is 27.3. The van der Waals surface area contributed by atoms with E-state index in [9.17, 15) is 0 Å². The number of para-hydroxylation sites is 2. The van der Waals surface area contributed by atoms with E-state index >= 15 is 0 Å². The first kappa shape index (κ1) is 30.1. The molecular formula is C52H32N2O. The lowest BCUT2D eigenvalue weighted by Gasteiger charge is -2.11. The predicted molar refractivity (Wildman–Crippen MR) is 231 cm³/mol. The molecule has 0 aliphatic carbocycles. The average Bonchev–Trinajstić information content (AvgIpc) is 3.91. The summed E-state index contributed by atoms with van der Waals surface area (Å²) in [5, 5.41) is 9.72. The summed E-state index contributed by atoms with van der Waals surface area (Å²) in [6.45, 7) is 0. The number of aromatic nitrogens is 2. The Morgan fingerprint density at radius 3 is 1.69 bits per heavy atom. The predicted octanol–water partition coefficient (Wildman–Crippen LogP) is 14.3. The van der Waals surface area contributed by atoms with Crippen LogP contribution in [0, 0.1) is 0 Å². The molecule has 0 bridgehead atoms. The van der Waals surface area contributed by atoms with E-state index in [2.05, 4.69) is 191 Å². The molecule has 55 heavy (non-hydrogen) atoms. The van der Waals surface area contributed by atoms with Crippen molar-refractivity contribution in [2.45, 2.75) is 0 Å². The summed E-state index contributed by atoms with van der Waals surface area (Å²) >= 11 is 0. The van der Waals surface area contributed by atoms with E-state index in [1.165, 1.54) is 76.6 Å². The van der Waals surface area contributed by atoms with Gasteiger partial charge in [0.1, 0.15) is 11.2 Å². The molecule has 3 aromatic heterocycles. The molecule has 256 valence electrons. The van der Waals surface area contributed by atoms with Crippen molar-refractivity contribution in [3.8, 4) is 33.6 Å². The number of fused-ring (bicyclic) bond motifs is 11. The minimum absolute atomic E-state index is 0.905. The fraction of sp³-hybridized carbons (Fsp3) is 0. The van der Waals surface area contributed by atoms with Crippen molar-refractivity contribution >= 4 is 76.3 Å². The lowest BCUT2D eigenvalue weighted by molar-refractivity contribution is 0.669. The molecule has 3 heterocycles. The molecule has 0 N–H and O–H groups in total. The maximum atomic E-state index is 6.18. The maximum absolute atomic E-state index is 6.18. The van der Waals surface area contributed by atoms with Gasteiger partial charge in [0.25, 0.3) is 0 Å². The highest BCUT2D eigenvalue weighted by molar-refractivity contribution is 6.19. The fourth-order valence-electron chi connectivity index (χ4n) is 8.95. The highest BCUT2D eigenvalue weighted by Gasteiger charge is 2.18.